The lowest BCUT2D eigenvalue weighted by Crippen LogP contribution is -2.31. The summed E-state index contributed by atoms with van der Waals surface area (Å²) in [7, 11) is 0. The number of aromatic amines is 1. The van der Waals surface area contributed by atoms with E-state index in [1.54, 1.807) is 24.3 Å². The maximum atomic E-state index is 13.6. The van der Waals surface area contributed by atoms with Crippen molar-refractivity contribution < 1.29 is 23.1 Å². The number of nitrogens with one attached hydrogen (secondary N) is 2. The summed E-state index contributed by atoms with van der Waals surface area (Å²) >= 11 is 0. The Bertz CT molecular complexity index is 1070. The summed E-state index contributed by atoms with van der Waals surface area (Å²) in [5.41, 5.74) is -1.26. The molecular weight excluding hydrogens is 358 g/mol. The van der Waals surface area contributed by atoms with Crippen molar-refractivity contribution in [2.24, 2.45) is 0 Å². The third kappa shape index (κ3) is 3.84. The van der Waals surface area contributed by atoms with Gasteiger partial charge in [0.25, 0.3) is 11.5 Å². The monoisotopic (exact) mass is 372 g/mol. The van der Waals surface area contributed by atoms with Crippen LogP contribution in [0.5, 0.6) is 0 Å². The zero-order valence-corrected chi connectivity index (χ0v) is 14.1. The standard InChI is InChI=1S/C19H14F2N2O4/c1-10(17(24)23-16-13(20)7-4-8-14(16)21)27-19(26)15-9-11-5-2-3-6-12(11)18(25)22-15/h2-10H,1H3,(H,22,25)(H,23,24)/t10-/m0/s1. The van der Waals surface area contributed by atoms with Crippen molar-refractivity contribution in [3.05, 3.63) is 76.2 Å². The minimum atomic E-state index is -1.36. The predicted molar refractivity (Wildman–Crippen MR) is 94.4 cm³/mol. The topological polar surface area (TPSA) is 88.3 Å². The summed E-state index contributed by atoms with van der Waals surface area (Å²) in [6.07, 6.45) is -1.36. The van der Waals surface area contributed by atoms with Gasteiger partial charge in [0.05, 0.1) is 0 Å². The van der Waals surface area contributed by atoms with Gasteiger partial charge in [0.2, 0.25) is 0 Å². The van der Waals surface area contributed by atoms with Crippen LogP contribution in [0, 0.1) is 11.6 Å². The molecule has 27 heavy (non-hydrogen) atoms. The van der Waals surface area contributed by atoms with Crippen LogP contribution in [0.25, 0.3) is 10.8 Å². The number of benzene rings is 2. The maximum absolute atomic E-state index is 13.6. The molecule has 0 fully saturated rings. The number of rotatable bonds is 4. The molecule has 6 nitrogen and oxygen atoms in total. The molecule has 0 aliphatic carbocycles. The van der Waals surface area contributed by atoms with Crippen LogP contribution in [0.4, 0.5) is 14.5 Å². The average Bonchev–Trinajstić information content (AvgIpc) is 2.64. The zero-order chi connectivity index (χ0) is 19.6. The number of para-hydroxylation sites is 1. The van der Waals surface area contributed by atoms with Crippen LogP contribution in [0.2, 0.25) is 0 Å². The second-order valence-corrected chi connectivity index (χ2v) is 5.73. The van der Waals surface area contributed by atoms with Crippen molar-refractivity contribution in [2.75, 3.05) is 5.32 Å². The van der Waals surface area contributed by atoms with E-state index in [2.05, 4.69) is 4.98 Å². The summed E-state index contributed by atoms with van der Waals surface area (Å²) in [4.78, 5) is 38.7. The van der Waals surface area contributed by atoms with E-state index in [0.717, 1.165) is 18.2 Å². The number of pyridine rings is 1. The Morgan fingerprint density at radius 2 is 1.74 bits per heavy atom. The van der Waals surface area contributed by atoms with Crippen LogP contribution >= 0.6 is 0 Å². The molecule has 3 rings (SSSR count). The number of fused-ring (bicyclic) bond motifs is 1. The highest BCUT2D eigenvalue weighted by molar-refractivity contribution is 5.98. The molecule has 1 heterocycles. The van der Waals surface area contributed by atoms with Crippen LogP contribution < -0.4 is 10.9 Å². The second kappa shape index (κ2) is 7.36. The van der Waals surface area contributed by atoms with E-state index in [9.17, 15) is 23.2 Å². The molecule has 2 N–H and O–H groups in total. The number of hydrogen-bond donors (Lipinski definition) is 2. The van der Waals surface area contributed by atoms with Crippen LogP contribution in [0.1, 0.15) is 17.4 Å². The first-order chi connectivity index (χ1) is 12.9. The normalized spacial score (nSPS) is 11.8. The Balaban J connectivity index is 1.75. The Kier molecular flexibility index (Phi) is 4.98. The Labute approximate surface area is 151 Å². The van der Waals surface area contributed by atoms with E-state index in [0.29, 0.717) is 10.8 Å². The molecule has 138 valence electrons. The van der Waals surface area contributed by atoms with Crippen molar-refractivity contribution in [2.45, 2.75) is 13.0 Å². The summed E-state index contributed by atoms with van der Waals surface area (Å²) in [5.74, 6) is -3.79. The van der Waals surface area contributed by atoms with E-state index >= 15 is 0 Å². The fourth-order valence-electron chi connectivity index (χ4n) is 2.44. The van der Waals surface area contributed by atoms with Gasteiger partial charge < -0.3 is 15.0 Å². The molecule has 2 aromatic carbocycles. The molecule has 0 bridgehead atoms. The van der Waals surface area contributed by atoms with Gasteiger partial charge >= 0.3 is 5.97 Å². The average molecular weight is 372 g/mol. The van der Waals surface area contributed by atoms with Gasteiger partial charge in [0, 0.05) is 5.39 Å². The van der Waals surface area contributed by atoms with Gasteiger partial charge in [-0.05, 0) is 36.6 Å². The fourth-order valence-corrected chi connectivity index (χ4v) is 2.44. The predicted octanol–water partition coefficient (Wildman–Crippen LogP) is 2.99. The Morgan fingerprint density at radius 3 is 2.44 bits per heavy atom. The molecule has 1 amide bonds. The third-order valence-electron chi connectivity index (χ3n) is 3.84. The van der Waals surface area contributed by atoms with E-state index in [-0.39, 0.29) is 5.69 Å². The van der Waals surface area contributed by atoms with E-state index in [1.165, 1.54) is 13.0 Å². The Hall–Kier alpha value is -3.55. The first kappa shape index (κ1) is 18.2. The molecule has 8 heteroatoms. The molecule has 1 atom stereocenters. The van der Waals surface area contributed by atoms with Crippen LogP contribution in [-0.2, 0) is 9.53 Å². The number of amides is 1. The van der Waals surface area contributed by atoms with Gasteiger partial charge in [-0.25, -0.2) is 13.6 Å². The van der Waals surface area contributed by atoms with Gasteiger partial charge in [0.1, 0.15) is 23.0 Å². The van der Waals surface area contributed by atoms with Gasteiger partial charge in [-0.1, -0.05) is 24.3 Å². The number of esters is 1. The lowest BCUT2D eigenvalue weighted by atomic mass is 10.1. The number of halogens is 2. The number of H-pyrrole nitrogens is 1. The van der Waals surface area contributed by atoms with Gasteiger partial charge in [-0.2, -0.15) is 0 Å². The number of anilines is 1. The molecule has 0 aliphatic rings. The molecule has 0 unspecified atom stereocenters. The number of ether oxygens (including phenoxy) is 1. The third-order valence-corrected chi connectivity index (χ3v) is 3.84. The lowest BCUT2D eigenvalue weighted by Gasteiger charge is -2.14. The van der Waals surface area contributed by atoms with Crippen molar-refractivity contribution >= 4 is 28.3 Å². The number of hydrogen-bond acceptors (Lipinski definition) is 4. The van der Waals surface area contributed by atoms with Crippen LogP contribution in [0.15, 0.2) is 53.3 Å². The lowest BCUT2D eigenvalue weighted by molar-refractivity contribution is -0.123. The number of carbonyl (C=O) groups excluding carboxylic acids is 2. The van der Waals surface area contributed by atoms with Crippen LogP contribution in [0.3, 0.4) is 0 Å². The largest absolute Gasteiger partial charge is 0.448 e. The Morgan fingerprint density at radius 1 is 1.07 bits per heavy atom. The van der Waals surface area contributed by atoms with Crippen LogP contribution in [-0.4, -0.2) is 23.0 Å². The van der Waals surface area contributed by atoms with Crippen molar-refractivity contribution in [3.63, 3.8) is 0 Å². The minimum absolute atomic E-state index is 0.143. The SMILES string of the molecule is C[C@H](OC(=O)c1cc2ccccc2c(=O)[nH]1)C(=O)Nc1c(F)cccc1F. The smallest absolute Gasteiger partial charge is 0.355 e. The molecule has 0 spiro atoms. The molecular formula is C19H14F2N2O4. The molecule has 0 aliphatic heterocycles. The highest BCUT2D eigenvalue weighted by atomic mass is 19.1. The highest BCUT2D eigenvalue weighted by Crippen LogP contribution is 2.18. The van der Waals surface area contributed by atoms with Crippen molar-refractivity contribution in [3.8, 4) is 0 Å². The fraction of sp³-hybridized carbons (Fsp3) is 0.105. The summed E-state index contributed by atoms with van der Waals surface area (Å²) in [6.45, 7) is 1.24. The first-order valence-corrected chi connectivity index (χ1v) is 7.94. The summed E-state index contributed by atoms with van der Waals surface area (Å²) < 4.78 is 32.2. The van der Waals surface area contributed by atoms with Crippen molar-refractivity contribution in [1.82, 2.24) is 4.98 Å². The molecule has 3 aromatic rings. The summed E-state index contributed by atoms with van der Waals surface area (Å²) in [6, 6.07) is 11.2. The summed E-state index contributed by atoms with van der Waals surface area (Å²) in [5, 5.41) is 2.96. The van der Waals surface area contributed by atoms with E-state index in [4.69, 9.17) is 4.74 Å². The molecule has 0 saturated heterocycles. The van der Waals surface area contributed by atoms with E-state index < -0.39 is 40.9 Å². The van der Waals surface area contributed by atoms with Gasteiger partial charge in [-0.3, -0.25) is 9.59 Å². The molecule has 0 saturated carbocycles. The van der Waals surface area contributed by atoms with E-state index in [1.807, 2.05) is 5.32 Å². The van der Waals surface area contributed by atoms with Gasteiger partial charge in [-0.15, -0.1) is 0 Å². The van der Waals surface area contributed by atoms with Gasteiger partial charge in [0.15, 0.2) is 6.10 Å². The molecule has 0 radical (unpaired) electrons. The highest BCUT2D eigenvalue weighted by Gasteiger charge is 2.22. The maximum Gasteiger partial charge on any atom is 0.355 e. The second-order valence-electron chi connectivity index (χ2n) is 5.73. The zero-order valence-electron chi connectivity index (χ0n) is 14.1. The number of carbonyl (C=O) groups is 2. The van der Waals surface area contributed by atoms with Crippen molar-refractivity contribution in [1.29, 1.82) is 0 Å². The first-order valence-electron chi connectivity index (χ1n) is 7.94. The molecule has 1 aromatic heterocycles. The quantitative estimate of drug-likeness (QED) is 0.689. The minimum Gasteiger partial charge on any atom is -0.448 e. The number of aromatic nitrogens is 1.